The number of para-hydroxylation sites is 1. The summed E-state index contributed by atoms with van der Waals surface area (Å²) >= 11 is 0. The number of rotatable bonds is 3. The van der Waals surface area contributed by atoms with Gasteiger partial charge in [0.05, 0.1) is 5.56 Å². The molecule has 0 N–H and O–H groups in total. The number of Topliss-reactive ketones (excluding diaryl/α,β-unsaturated/α-hetero) is 1. The lowest BCUT2D eigenvalue weighted by Gasteiger charge is -2.11. The van der Waals surface area contributed by atoms with Crippen LogP contribution in [0.4, 0.5) is 8.78 Å². The summed E-state index contributed by atoms with van der Waals surface area (Å²) in [5.41, 5.74) is -0.316. The summed E-state index contributed by atoms with van der Waals surface area (Å²) in [6, 6.07) is 9.29. The van der Waals surface area contributed by atoms with Crippen LogP contribution >= 0.6 is 0 Å². The van der Waals surface area contributed by atoms with Crippen molar-refractivity contribution in [1.29, 1.82) is 5.26 Å². The van der Waals surface area contributed by atoms with Gasteiger partial charge >= 0.3 is 0 Å². The number of nitriles is 1. The predicted molar refractivity (Wildman–Crippen MR) is 67.6 cm³/mol. The first-order valence-corrected chi connectivity index (χ1v) is 5.70. The molecule has 0 saturated heterocycles. The molecule has 3 nitrogen and oxygen atoms in total. The molecule has 20 heavy (non-hydrogen) atoms. The van der Waals surface area contributed by atoms with Gasteiger partial charge in [-0.2, -0.15) is 5.26 Å². The molecule has 0 aliphatic rings. The SMILES string of the molecule is CC(=O)c1cccc(F)c1Oc1cccc(F)c1C#N. The zero-order chi connectivity index (χ0) is 14.7. The molecule has 0 bridgehead atoms. The van der Waals surface area contributed by atoms with Crippen LogP contribution in [0.1, 0.15) is 22.8 Å². The Morgan fingerprint density at radius 2 is 1.80 bits per heavy atom. The number of nitrogens with zero attached hydrogens (tertiary/aromatic N) is 1. The van der Waals surface area contributed by atoms with Crippen molar-refractivity contribution < 1.29 is 18.3 Å². The number of halogens is 2. The Hall–Kier alpha value is -2.74. The van der Waals surface area contributed by atoms with Gasteiger partial charge in [-0.15, -0.1) is 0 Å². The van der Waals surface area contributed by atoms with Gasteiger partial charge in [-0.25, -0.2) is 8.78 Å². The minimum absolute atomic E-state index is 0.0261. The molecule has 5 heteroatoms. The van der Waals surface area contributed by atoms with Crippen LogP contribution in [0.2, 0.25) is 0 Å². The van der Waals surface area contributed by atoms with Crippen molar-refractivity contribution in [2.75, 3.05) is 0 Å². The van der Waals surface area contributed by atoms with E-state index < -0.39 is 17.4 Å². The maximum atomic E-state index is 13.8. The topological polar surface area (TPSA) is 50.1 Å². The summed E-state index contributed by atoms with van der Waals surface area (Å²) < 4.78 is 32.5. The summed E-state index contributed by atoms with van der Waals surface area (Å²) in [4.78, 5) is 11.4. The molecule has 0 unspecified atom stereocenters. The third-order valence-electron chi connectivity index (χ3n) is 2.65. The van der Waals surface area contributed by atoms with Crippen LogP contribution in [-0.4, -0.2) is 5.78 Å². The fourth-order valence-corrected chi connectivity index (χ4v) is 1.70. The van der Waals surface area contributed by atoms with E-state index in [1.165, 1.54) is 31.2 Å². The zero-order valence-corrected chi connectivity index (χ0v) is 10.5. The molecule has 0 aliphatic heterocycles. The van der Waals surface area contributed by atoms with E-state index in [9.17, 15) is 13.6 Å². The second-order valence-electron chi connectivity index (χ2n) is 4.00. The Balaban J connectivity index is 2.54. The summed E-state index contributed by atoms with van der Waals surface area (Å²) in [5.74, 6) is -2.38. The largest absolute Gasteiger partial charge is 0.452 e. The van der Waals surface area contributed by atoms with Crippen molar-refractivity contribution in [3.63, 3.8) is 0 Å². The van der Waals surface area contributed by atoms with Crippen LogP contribution in [0.3, 0.4) is 0 Å². The second kappa shape index (κ2) is 5.49. The quantitative estimate of drug-likeness (QED) is 0.798. The van der Waals surface area contributed by atoms with Crippen molar-refractivity contribution in [2.45, 2.75) is 6.92 Å². The Morgan fingerprint density at radius 1 is 1.15 bits per heavy atom. The second-order valence-corrected chi connectivity index (χ2v) is 4.00. The first kappa shape index (κ1) is 13.7. The fraction of sp³-hybridized carbons (Fsp3) is 0.0667. The first-order chi connectivity index (χ1) is 9.54. The van der Waals surface area contributed by atoms with E-state index in [1.807, 2.05) is 0 Å². The lowest BCUT2D eigenvalue weighted by molar-refractivity contribution is 0.101. The summed E-state index contributed by atoms with van der Waals surface area (Å²) in [6.07, 6.45) is 0. The highest BCUT2D eigenvalue weighted by atomic mass is 19.1. The molecule has 2 rings (SSSR count). The number of hydrogen-bond acceptors (Lipinski definition) is 3. The van der Waals surface area contributed by atoms with Gasteiger partial charge in [-0.1, -0.05) is 12.1 Å². The third-order valence-corrected chi connectivity index (χ3v) is 2.65. The molecule has 0 fully saturated rings. The van der Waals surface area contributed by atoms with Crippen LogP contribution in [-0.2, 0) is 0 Å². The van der Waals surface area contributed by atoms with E-state index in [1.54, 1.807) is 6.07 Å². The zero-order valence-electron chi connectivity index (χ0n) is 10.5. The Labute approximate surface area is 114 Å². The molecule has 0 amide bonds. The lowest BCUT2D eigenvalue weighted by Crippen LogP contribution is -2.01. The summed E-state index contributed by atoms with van der Waals surface area (Å²) in [7, 11) is 0. The van der Waals surface area contributed by atoms with E-state index in [0.29, 0.717) is 0 Å². The van der Waals surface area contributed by atoms with Crippen LogP contribution in [0.25, 0.3) is 0 Å². The van der Waals surface area contributed by atoms with Crippen molar-refractivity contribution in [3.05, 3.63) is 59.2 Å². The van der Waals surface area contributed by atoms with E-state index >= 15 is 0 Å². The normalized spacial score (nSPS) is 9.90. The highest BCUT2D eigenvalue weighted by Crippen LogP contribution is 2.31. The Morgan fingerprint density at radius 3 is 2.45 bits per heavy atom. The van der Waals surface area contributed by atoms with Gasteiger partial charge in [-0.05, 0) is 31.2 Å². The first-order valence-electron chi connectivity index (χ1n) is 5.70. The lowest BCUT2D eigenvalue weighted by atomic mass is 10.1. The van der Waals surface area contributed by atoms with Crippen molar-refractivity contribution >= 4 is 5.78 Å². The van der Waals surface area contributed by atoms with Crippen LogP contribution in [0.15, 0.2) is 36.4 Å². The monoisotopic (exact) mass is 273 g/mol. The average Bonchev–Trinajstić information content (AvgIpc) is 2.41. The Kier molecular flexibility index (Phi) is 3.76. The molecular weight excluding hydrogens is 264 g/mol. The molecule has 0 saturated carbocycles. The standard InChI is InChI=1S/C15H9F2NO2/c1-9(19)10-4-2-6-13(17)15(10)20-14-7-3-5-12(16)11(14)8-18/h2-7H,1H3. The summed E-state index contributed by atoms with van der Waals surface area (Å²) in [6.45, 7) is 1.26. The minimum atomic E-state index is -0.772. The van der Waals surface area contributed by atoms with Crippen molar-refractivity contribution in [2.24, 2.45) is 0 Å². The van der Waals surface area contributed by atoms with Gasteiger partial charge in [0, 0.05) is 0 Å². The molecule has 0 aliphatic carbocycles. The van der Waals surface area contributed by atoms with E-state index in [2.05, 4.69) is 0 Å². The molecule has 100 valence electrons. The predicted octanol–water partition coefficient (Wildman–Crippen LogP) is 3.83. The van der Waals surface area contributed by atoms with Crippen molar-refractivity contribution in [1.82, 2.24) is 0 Å². The van der Waals surface area contributed by atoms with Gasteiger partial charge in [0.2, 0.25) is 0 Å². The average molecular weight is 273 g/mol. The number of benzene rings is 2. The highest BCUT2D eigenvalue weighted by Gasteiger charge is 2.17. The van der Waals surface area contributed by atoms with E-state index in [-0.39, 0.29) is 22.6 Å². The van der Waals surface area contributed by atoms with Gasteiger partial charge in [-0.3, -0.25) is 4.79 Å². The molecule has 0 heterocycles. The van der Waals surface area contributed by atoms with Crippen molar-refractivity contribution in [3.8, 4) is 17.6 Å². The fourth-order valence-electron chi connectivity index (χ4n) is 1.70. The van der Waals surface area contributed by atoms with E-state index in [0.717, 1.165) is 12.1 Å². The third kappa shape index (κ3) is 2.50. The number of carbonyl (C=O) groups is 1. The number of ketones is 1. The number of carbonyl (C=O) groups excluding carboxylic acids is 1. The van der Waals surface area contributed by atoms with Crippen LogP contribution in [0.5, 0.6) is 11.5 Å². The molecule has 0 atom stereocenters. The van der Waals surface area contributed by atoms with Gasteiger partial charge in [0.15, 0.2) is 17.3 Å². The molecule has 2 aromatic carbocycles. The van der Waals surface area contributed by atoms with Crippen LogP contribution in [0, 0.1) is 23.0 Å². The molecular formula is C15H9F2NO2. The summed E-state index contributed by atoms with van der Waals surface area (Å²) in [5, 5.41) is 8.89. The molecule has 2 aromatic rings. The maximum absolute atomic E-state index is 13.8. The minimum Gasteiger partial charge on any atom is -0.452 e. The number of hydrogen-bond donors (Lipinski definition) is 0. The van der Waals surface area contributed by atoms with Gasteiger partial charge in [0.1, 0.15) is 23.2 Å². The molecule has 0 aromatic heterocycles. The molecule has 0 radical (unpaired) electrons. The Bertz CT molecular complexity index is 720. The van der Waals surface area contributed by atoms with Gasteiger partial charge < -0.3 is 4.74 Å². The maximum Gasteiger partial charge on any atom is 0.173 e. The highest BCUT2D eigenvalue weighted by molar-refractivity contribution is 5.97. The van der Waals surface area contributed by atoms with Gasteiger partial charge in [0.25, 0.3) is 0 Å². The smallest absolute Gasteiger partial charge is 0.173 e. The van der Waals surface area contributed by atoms with E-state index in [4.69, 9.17) is 10.00 Å². The number of ether oxygens (including phenoxy) is 1. The molecule has 0 spiro atoms. The van der Waals surface area contributed by atoms with Crippen LogP contribution < -0.4 is 4.74 Å².